The molecule has 1 unspecified atom stereocenters. The summed E-state index contributed by atoms with van der Waals surface area (Å²) in [4.78, 5) is 0. The van der Waals surface area contributed by atoms with E-state index in [2.05, 4.69) is 18.3 Å². The highest BCUT2D eigenvalue weighted by molar-refractivity contribution is 5.73. The summed E-state index contributed by atoms with van der Waals surface area (Å²) in [5.41, 5.74) is 3.55. The smallest absolute Gasteiger partial charge is 0.123 e. The van der Waals surface area contributed by atoms with Crippen LogP contribution in [0.15, 0.2) is 24.3 Å². The Kier molecular flexibility index (Phi) is 2.87. The Bertz CT molecular complexity index is 396. The number of rotatable bonds is 2. The van der Waals surface area contributed by atoms with E-state index in [1.54, 1.807) is 12.1 Å². The highest BCUT2D eigenvalue weighted by Gasteiger charge is 2.16. The van der Waals surface area contributed by atoms with Crippen LogP contribution < -0.4 is 5.32 Å². The lowest BCUT2D eigenvalue weighted by Gasteiger charge is -2.22. The quantitative estimate of drug-likeness (QED) is 0.782. The predicted molar refractivity (Wildman–Crippen MR) is 61.2 cm³/mol. The number of benzene rings is 1. The van der Waals surface area contributed by atoms with Gasteiger partial charge in [-0.25, -0.2) is 4.39 Å². The van der Waals surface area contributed by atoms with Gasteiger partial charge in [0.1, 0.15) is 5.82 Å². The normalized spacial score (nSPS) is 16.9. The van der Waals surface area contributed by atoms with E-state index in [9.17, 15) is 4.39 Å². The van der Waals surface area contributed by atoms with Gasteiger partial charge in [-0.1, -0.05) is 12.1 Å². The average Bonchev–Trinajstić information content (AvgIpc) is 2.27. The lowest BCUT2D eigenvalue weighted by molar-refractivity contribution is 0.625. The minimum absolute atomic E-state index is 0.148. The molecule has 15 heavy (non-hydrogen) atoms. The summed E-state index contributed by atoms with van der Waals surface area (Å²) < 4.78 is 13.2. The Hall–Kier alpha value is -1.15. The van der Waals surface area contributed by atoms with E-state index < -0.39 is 0 Å². The molecular formula is C13H16FN. The summed E-state index contributed by atoms with van der Waals surface area (Å²) in [6.45, 7) is 2.10. The molecule has 0 bridgehead atoms. The van der Waals surface area contributed by atoms with Gasteiger partial charge in [0.05, 0.1) is 0 Å². The van der Waals surface area contributed by atoms with Crippen LogP contribution in [0.3, 0.4) is 0 Å². The number of fused-ring (bicyclic) bond motifs is 1. The first-order valence-corrected chi connectivity index (χ1v) is 5.38. The third kappa shape index (κ3) is 1.95. The van der Waals surface area contributed by atoms with Crippen molar-refractivity contribution in [1.82, 2.24) is 5.32 Å². The number of likely N-dealkylation sites (N-methyl/N-ethyl adjacent to an activating group) is 1. The minimum Gasteiger partial charge on any atom is -0.313 e. The largest absolute Gasteiger partial charge is 0.313 e. The number of aryl methyl sites for hydroxylation is 1. The van der Waals surface area contributed by atoms with E-state index >= 15 is 0 Å². The molecular weight excluding hydrogens is 189 g/mol. The molecule has 2 rings (SSSR count). The van der Waals surface area contributed by atoms with Crippen LogP contribution in [0, 0.1) is 5.82 Å². The lowest BCUT2D eigenvalue weighted by Crippen LogP contribution is -2.24. The van der Waals surface area contributed by atoms with E-state index in [0.717, 1.165) is 18.4 Å². The minimum atomic E-state index is -0.148. The van der Waals surface area contributed by atoms with Gasteiger partial charge in [0.2, 0.25) is 0 Å². The van der Waals surface area contributed by atoms with Gasteiger partial charge in [0.25, 0.3) is 0 Å². The SMILES string of the molecule is CNC(C)C1=CCCc2ccc(F)cc21. The fourth-order valence-electron chi connectivity index (χ4n) is 2.09. The molecule has 0 aromatic heterocycles. The average molecular weight is 205 g/mol. The molecule has 0 amide bonds. The standard InChI is InChI=1S/C13H16FN/c1-9(15-2)12-5-3-4-10-6-7-11(14)8-13(10)12/h5-9,15H,3-4H2,1-2H3. The van der Waals surface area contributed by atoms with Crippen molar-refractivity contribution in [3.63, 3.8) is 0 Å². The van der Waals surface area contributed by atoms with Gasteiger partial charge in [-0.3, -0.25) is 0 Å². The van der Waals surface area contributed by atoms with Crippen LogP contribution in [-0.4, -0.2) is 13.1 Å². The summed E-state index contributed by atoms with van der Waals surface area (Å²) in [6, 6.07) is 5.38. The molecule has 1 aromatic carbocycles. The second-order valence-corrected chi connectivity index (χ2v) is 4.01. The first kappa shape index (κ1) is 10.4. The Labute approximate surface area is 90.0 Å². The van der Waals surface area contributed by atoms with Crippen molar-refractivity contribution in [2.75, 3.05) is 7.05 Å². The third-order valence-corrected chi connectivity index (χ3v) is 3.06. The van der Waals surface area contributed by atoms with Crippen LogP contribution >= 0.6 is 0 Å². The summed E-state index contributed by atoms with van der Waals surface area (Å²) in [7, 11) is 1.93. The van der Waals surface area contributed by atoms with Crippen LogP contribution in [0.5, 0.6) is 0 Å². The molecule has 0 aliphatic heterocycles. The number of hydrogen-bond donors (Lipinski definition) is 1. The second-order valence-electron chi connectivity index (χ2n) is 4.01. The van der Waals surface area contributed by atoms with Crippen molar-refractivity contribution < 1.29 is 4.39 Å². The summed E-state index contributed by atoms with van der Waals surface area (Å²) >= 11 is 0. The highest BCUT2D eigenvalue weighted by Crippen LogP contribution is 2.29. The summed E-state index contributed by atoms with van der Waals surface area (Å²) in [6.07, 6.45) is 4.29. The Balaban J connectivity index is 2.44. The molecule has 0 heterocycles. The van der Waals surface area contributed by atoms with Crippen LogP contribution in [0.1, 0.15) is 24.5 Å². The molecule has 0 radical (unpaired) electrons. The molecule has 0 spiro atoms. The van der Waals surface area contributed by atoms with Crippen molar-refractivity contribution in [2.45, 2.75) is 25.8 Å². The van der Waals surface area contributed by atoms with Crippen molar-refractivity contribution >= 4 is 5.57 Å². The number of allylic oxidation sites excluding steroid dienone is 1. The first-order valence-electron chi connectivity index (χ1n) is 5.38. The lowest BCUT2D eigenvalue weighted by atomic mass is 9.87. The number of nitrogens with one attached hydrogen (secondary N) is 1. The van der Waals surface area contributed by atoms with Gasteiger partial charge in [0, 0.05) is 6.04 Å². The maximum atomic E-state index is 13.2. The van der Waals surface area contributed by atoms with E-state index in [1.165, 1.54) is 11.1 Å². The molecule has 2 heteroatoms. The maximum absolute atomic E-state index is 13.2. The molecule has 1 aliphatic carbocycles. The second kappa shape index (κ2) is 4.15. The number of halogens is 1. The first-order chi connectivity index (χ1) is 7.22. The predicted octanol–water partition coefficient (Wildman–Crippen LogP) is 2.76. The van der Waals surface area contributed by atoms with E-state index in [1.807, 2.05) is 13.1 Å². The molecule has 1 nitrogen and oxygen atoms in total. The molecule has 1 aromatic rings. The van der Waals surface area contributed by atoms with Crippen molar-refractivity contribution in [3.8, 4) is 0 Å². The molecule has 0 fully saturated rings. The molecule has 1 atom stereocenters. The topological polar surface area (TPSA) is 12.0 Å². The zero-order valence-corrected chi connectivity index (χ0v) is 9.18. The molecule has 1 N–H and O–H groups in total. The van der Waals surface area contributed by atoms with Crippen molar-refractivity contribution in [3.05, 3.63) is 41.2 Å². The van der Waals surface area contributed by atoms with Crippen LogP contribution in [0.25, 0.3) is 5.57 Å². The molecule has 0 saturated heterocycles. The highest BCUT2D eigenvalue weighted by atomic mass is 19.1. The molecule has 80 valence electrons. The van der Waals surface area contributed by atoms with E-state index in [0.29, 0.717) is 0 Å². The van der Waals surface area contributed by atoms with Gasteiger partial charge >= 0.3 is 0 Å². The Morgan fingerprint density at radius 2 is 2.20 bits per heavy atom. The summed E-state index contributed by atoms with van der Waals surface area (Å²) in [5, 5.41) is 3.20. The molecule has 1 aliphatic rings. The zero-order valence-electron chi connectivity index (χ0n) is 9.18. The van der Waals surface area contributed by atoms with E-state index in [-0.39, 0.29) is 11.9 Å². The summed E-state index contributed by atoms with van der Waals surface area (Å²) in [5.74, 6) is -0.148. The zero-order chi connectivity index (χ0) is 10.8. The molecule has 0 saturated carbocycles. The maximum Gasteiger partial charge on any atom is 0.123 e. The monoisotopic (exact) mass is 205 g/mol. The van der Waals surface area contributed by atoms with Crippen LogP contribution in [-0.2, 0) is 6.42 Å². The Morgan fingerprint density at radius 1 is 1.40 bits per heavy atom. The fraction of sp³-hybridized carbons (Fsp3) is 0.385. The van der Waals surface area contributed by atoms with Gasteiger partial charge in [-0.2, -0.15) is 0 Å². The Morgan fingerprint density at radius 3 is 2.93 bits per heavy atom. The van der Waals surface area contributed by atoms with Gasteiger partial charge in [-0.05, 0) is 55.6 Å². The third-order valence-electron chi connectivity index (χ3n) is 3.06. The fourth-order valence-corrected chi connectivity index (χ4v) is 2.09. The van der Waals surface area contributed by atoms with Crippen molar-refractivity contribution in [2.24, 2.45) is 0 Å². The van der Waals surface area contributed by atoms with Gasteiger partial charge in [0.15, 0.2) is 0 Å². The van der Waals surface area contributed by atoms with Gasteiger partial charge in [-0.15, -0.1) is 0 Å². The van der Waals surface area contributed by atoms with Gasteiger partial charge < -0.3 is 5.32 Å². The van der Waals surface area contributed by atoms with E-state index in [4.69, 9.17) is 0 Å². The van der Waals surface area contributed by atoms with Crippen molar-refractivity contribution in [1.29, 1.82) is 0 Å². The van der Waals surface area contributed by atoms with Crippen LogP contribution in [0.4, 0.5) is 4.39 Å². The number of hydrogen-bond acceptors (Lipinski definition) is 1. The van der Waals surface area contributed by atoms with Crippen LogP contribution in [0.2, 0.25) is 0 Å².